The molecule has 0 aromatic heterocycles. The second-order valence-corrected chi connectivity index (χ2v) is 2.70. The van der Waals surface area contributed by atoms with Crippen molar-refractivity contribution in [2.45, 2.75) is 26.2 Å². The molecule has 0 aliphatic heterocycles. The van der Waals surface area contributed by atoms with Crippen LogP contribution in [-0.2, 0) is 0 Å². The Morgan fingerprint density at radius 3 is 2.90 bits per heavy atom. The molecule has 0 fully saturated rings. The Morgan fingerprint density at radius 1 is 1.50 bits per heavy atom. The highest BCUT2D eigenvalue weighted by atomic mass is 79.9. The van der Waals surface area contributed by atoms with Gasteiger partial charge in [0.1, 0.15) is 0 Å². The zero-order chi connectivity index (χ0) is 7.66. The average Bonchev–Trinajstić information content (AvgIpc) is 1.97. The molecule has 56 valence electrons. The SMILES string of the molecule is CCC#C/C=C/CCCBr. The fraction of sp³-hybridized carbons (Fsp3) is 0.556. The maximum Gasteiger partial charge on any atom is 0.00637 e. The molecule has 0 aliphatic carbocycles. The largest absolute Gasteiger partial charge is 0.0988 e. The molecule has 0 aromatic rings. The van der Waals surface area contributed by atoms with Crippen LogP contribution in [0.1, 0.15) is 26.2 Å². The molecule has 0 unspecified atom stereocenters. The van der Waals surface area contributed by atoms with Crippen molar-refractivity contribution in [2.24, 2.45) is 0 Å². The van der Waals surface area contributed by atoms with E-state index in [1.54, 1.807) is 0 Å². The van der Waals surface area contributed by atoms with E-state index >= 15 is 0 Å². The normalized spacial score (nSPS) is 9.40. The molecule has 0 spiro atoms. The van der Waals surface area contributed by atoms with Crippen molar-refractivity contribution >= 4 is 15.9 Å². The lowest BCUT2D eigenvalue weighted by atomic mass is 10.3. The Morgan fingerprint density at radius 2 is 2.30 bits per heavy atom. The van der Waals surface area contributed by atoms with Crippen LogP contribution >= 0.6 is 15.9 Å². The van der Waals surface area contributed by atoms with Gasteiger partial charge in [0.25, 0.3) is 0 Å². The molecule has 10 heavy (non-hydrogen) atoms. The van der Waals surface area contributed by atoms with Gasteiger partial charge in [-0.15, -0.1) is 0 Å². The van der Waals surface area contributed by atoms with Gasteiger partial charge in [-0.2, -0.15) is 0 Å². The molecular formula is C9H13Br. The molecule has 0 atom stereocenters. The number of unbranched alkanes of at least 4 members (excludes halogenated alkanes) is 1. The minimum absolute atomic E-state index is 0.947. The van der Waals surface area contributed by atoms with Gasteiger partial charge in [0.15, 0.2) is 0 Å². The zero-order valence-electron chi connectivity index (χ0n) is 6.36. The summed E-state index contributed by atoms with van der Waals surface area (Å²) in [5.41, 5.74) is 0. The van der Waals surface area contributed by atoms with Crippen molar-refractivity contribution in [3.05, 3.63) is 12.2 Å². The van der Waals surface area contributed by atoms with Gasteiger partial charge in [0.05, 0.1) is 0 Å². The van der Waals surface area contributed by atoms with Crippen molar-refractivity contribution < 1.29 is 0 Å². The maximum atomic E-state index is 3.36. The third-order valence-corrected chi connectivity index (χ3v) is 1.55. The van der Waals surface area contributed by atoms with E-state index in [0.717, 1.165) is 18.2 Å². The molecule has 0 saturated heterocycles. The summed E-state index contributed by atoms with van der Waals surface area (Å²) in [6.45, 7) is 2.05. The van der Waals surface area contributed by atoms with Crippen molar-refractivity contribution in [3.63, 3.8) is 0 Å². The van der Waals surface area contributed by atoms with Crippen molar-refractivity contribution in [1.29, 1.82) is 0 Å². The average molecular weight is 201 g/mol. The van der Waals surface area contributed by atoms with E-state index in [4.69, 9.17) is 0 Å². The minimum Gasteiger partial charge on any atom is -0.0988 e. The van der Waals surface area contributed by atoms with Crippen LogP contribution in [0.25, 0.3) is 0 Å². The number of hydrogen-bond acceptors (Lipinski definition) is 0. The molecule has 0 aromatic carbocycles. The van der Waals surface area contributed by atoms with Gasteiger partial charge in [-0.05, 0) is 18.9 Å². The first-order valence-corrected chi connectivity index (χ1v) is 4.73. The topological polar surface area (TPSA) is 0 Å². The third kappa shape index (κ3) is 7.78. The Bertz CT molecular complexity index is 137. The van der Waals surface area contributed by atoms with E-state index in [1.165, 1.54) is 6.42 Å². The molecule has 1 heteroatoms. The monoisotopic (exact) mass is 200 g/mol. The van der Waals surface area contributed by atoms with E-state index in [0.29, 0.717) is 0 Å². The fourth-order valence-corrected chi connectivity index (χ4v) is 0.822. The summed E-state index contributed by atoms with van der Waals surface area (Å²) in [5.74, 6) is 5.92. The van der Waals surface area contributed by atoms with Gasteiger partial charge in [-0.25, -0.2) is 0 Å². The number of rotatable bonds is 3. The van der Waals surface area contributed by atoms with E-state index in [2.05, 4.69) is 40.8 Å². The summed E-state index contributed by atoms with van der Waals surface area (Å²) in [6, 6.07) is 0. The van der Waals surface area contributed by atoms with E-state index in [-0.39, 0.29) is 0 Å². The van der Waals surface area contributed by atoms with Gasteiger partial charge < -0.3 is 0 Å². The smallest absolute Gasteiger partial charge is 0.00637 e. The molecule has 0 rings (SSSR count). The molecular weight excluding hydrogens is 188 g/mol. The second kappa shape index (κ2) is 8.78. The minimum atomic E-state index is 0.947. The second-order valence-electron chi connectivity index (χ2n) is 1.91. The maximum absolute atomic E-state index is 3.36. The fourth-order valence-electron chi connectivity index (χ4n) is 0.498. The van der Waals surface area contributed by atoms with Gasteiger partial charge in [-0.1, -0.05) is 40.8 Å². The third-order valence-electron chi connectivity index (χ3n) is 0.984. The van der Waals surface area contributed by atoms with Crippen LogP contribution in [0, 0.1) is 11.8 Å². The summed E-state index contributed by atoms with van der Waals surface area (Å²) in [5, 5.41) is 1.08. The molecule has 0 amide bonds. The number of allylic oxidation sites excluding steroid dienone is 2. The molecule has 0 saturated carbocycles. The predicted octanol–water partition coefficient (Wildman–Crippen LogP) is 3.13. The van der Waals surface area contributed by atoms with Gasteiger partial charge >= 0.3 is 0 Å². The standard InChI is InChI=1S/C9H13Br/c1-2-3-4-5-6-7-8-9-10/h5-6H,2,7-9H2,1H3/b6-5+. The summed E-state index contributed by atoms with van der Waals surface area (Å²) < 4.78 is 0. The van der Waals surface area contributed by atoms with E-state index < -0.39 is 0 Å². The summed E-state index contributed by atoms with van der Waals surface area (Å²) in [4.78, 5) is 0. The first kappa shape index (κ1) is 9.78. The summed E-state index contributed by atoms with van der Waals surface area (Å²) in [7, 11) is 0. The van der Waals surface area contributed by atoms with Gasteiger partial charge in [0, 0.05) is 11.8 Å². The lowest BCUT2D eigenvalue weighted by molar-refractivity contribution is 0.980. The van der Waals surface area contributed by atoms with Gasteiger partial charge in [-0.3, -0.25) is 0 Å². The van der Waals surface area contributed by atoms with Crippen LogP contribution in [-0.4, -0.2) is 5.33 Å². The van der Waals surface area contributed by atoms with E-state index in [9.17, 15) is 0 Å². The Hall–Kier alpha value is -0.220. The van der Waals surface area contributed by atoms with Gasteiger partial charge in [0.2, 0.25) is 0 Å². The van der Waals surface area contributed by atoms with Crippen molar-refractivity contribution in [3.8, 4) is 11.8 Å². The molecule has 0 heterocycles. The number of hydrogen-bond donors (Lipinski definition) is 0. The van der Waals surface area contributed by atoms with Crippen molar-refractivity contribution in [2.75, 3.05) is 5.33 Å². The van der Waals surface area contributed by atoms with E-state index in [1.807, 2.05) is 6.08 Å². The molecule has 0 bridgehead atoms. The van der Waals surface area contributed by atoms with Crippen LogP contribution in [0.4, 0.5) is 0 Å². The molecule has 0 N–H and O–H groups in total. The highest BCUT2D eigenvalue weighted by Crippen LogP contribution is 1.93. The quantitative estimate of drug-likeness (QED) is 0.374. The Balaban J connectivity index is 3.19. The van der Waals surface area contributed by atoms with Crippen molar-refractivity contribution in [1.82, 2.24) is 0 Å². The predicted molar refractivity (Wildman–Crippen MR) is 50.2 cm³/mol. The van der Waals surface area contributed by atoms with Crippen LogP contribution in [0.2, 0.25) is 0 Å². The van der Waals surface area contributed by atoms with Crippen LogP contribution in [0.15, 0.2) is 12.2 Å². The van der Waals surface area contributed by atoms with Crippen LogP contribution < -0.4 is 0 Å². The van der Waals surface area contributed by atoms with Crippen LogP contribution in [0.5, 0.6) is 0 Å². The Labute approximate surface area is 71.8 Å². The highest BCUT2D eigenvalue weighted by molar-refractivity contribution is 9.09. The number of alkyl halides is 1. The highest BCUT2D eigenvalue weighted by Gasteiger charge is 1.75. The lowest BCUT2D eigenvalue weighted by Crippen LogP contribution is -1.68. The van der Waals surface area contributed by atoms with Crippen LogP contribution in [0.3, 0.4) is 0 Å². The lowest BCUT2D eigenvalue weighted by Gasteiger charge is -1.82. The first-order chi connectivity index (χ1) is 4.91. The summed E-state index contributed by atoms with van der Waals surface area (Å²) >= 11 is 3.36. The molecule has 0 radical (unpaired) electrons. The summed E-state index contributed by atoms with van der Waals surface area (Å²) in [6.07, 6.45) is 7.33. The molecule has 0 aliphatic rings. The molecule has 0 nitrogen and oxygen atoms in total. The zero-order valence-corrected chi connectivity index (χ0v) is 7.95. The first-order valence-electron chi connectivity index (χ1n) is 3.61. The number of halogens is 1. The Kier molecular flexibility index (Phi) is 8.59.